The second-order valence-electron chi connectivity index (χ2n) is 5.44. The number of morpholine rings is 1. The highest BCUT2D eigenvalue weighted by atomic mass is 79.9. The first-order valence-corrected chi connectivity index (χ1v) is 7.75. The van der Waals surface area contributed by atoms with Crippen LogP contribution in [-0.4, -0.2) is 37.2 Å². The van der Waals surface area contributed by atoms with Gasteiger partial charge in [0.05, 0.1) is 13.2 Å². The molecule has 0 aliphatic carbocycles. The van der Waals surface area contributed by atoms with E-state index < -0.39 is 0 Å². The van der Waals surface area contributed by atoms with Crippen LogP contribution in [0.15, 0.2) is 28.7 Å². The quantitative estimate of drug-likeness (QED) is 0.917. The number of rotatable bonds is 3. The van der Waals surface area contributed by atoms with Crippen molar-refractivity contribution in [2.24, 2.45) is 5.92 Å². The molecule has 1 fully saturated rings. The highest BCUT2D eigenvalue weighted by molar-refractivity contribution is 9.10. The van der Waals surface area contributed by atoms with Gasteiger partial charge in [-0.3, -0.25) is 0 Å². The van der Waals surface area contributed by atoms with E-state index in [0.717, 1.165) is 10.0 Å². The van der Waals surface area contributed by atoms with Crippen LogP contribution in [0.25, 0.3) is 0 Å². The molecule has 1 atom stereocenters. The SMILES string of the molecule is CC(C)CNC(=O)N1CCOC(c2ccc(Br)cc2)C1. The maximum absolute atomic E-state index is 12.1. The summed E-state index contributed by atoms with van der Waals surface area (Å²) in [6.07, 6.45) is -0.0401. The van der Waals surface area contributed by atoms with Gasteiger partial charge in [0.2, 0.25) is 0 Å². The lowest BCUT2D eigenvalue weighted by atomic mass is 10.1. The molecule has 1 N–H and O–H groups in total. The van der Waals surface area contributed by atoms with Crippen LogP contribution in [0.2, 0.25) is 0 Å². The molecule has 20 heavy (non-hydrogen) atoms. The summed E-state index contributed by atoms with van der Waals surface area (Å²) >= 11 is 3.42. The van der Waals surface area contributed by atoms with Gasteiger partial charge in [-0.05, 0) is 23.6 Å². The molecule has 2 rings (SSSR count). The van der Waals surface area contributed by atoms with E-state index in [1.807, 2.05) is 29.2 Å². The molecule has 1 unspecified atom stereocenters. The molecule has 1 heterocycles. The van der Waals surface area contributed by atoms with Crippen LogP contribution in [-0.2, 0) is 4.74 Å². The standard InChI is InChI=1S/C15H21BrN2O2/c1-11(2)9-17-15(19)18-7-8-20-14(10-18)12-3-5-13(16)6-4-12/h3-6,11,14H,7-10H2,1-2H3,(H,17,19). The third-order valence-electron chi connectivity index (χ3n) is 3.26. The Labute approximate surface area is 128 Å². The van der Waals surface area contributed by atoms with Crippen molar-refractivity contribution in [3.63, 3.8) is 0 Å². The largest absolute Gasteiger partial charge is 0.370 e. The van der Waals surface area contributed by atoms with Gasteiger partial charge in [0.25, 0.3) is 0 Å². The second kappa shape index (κ2) is 7.09. The van der Waals surface area contributed by atoms with E-state index in [4.69, 9.17) is 4.74 Å². The molecule has 0 spiro atoms. The molecule has 1 aromatic rings. The first kappa shape index (κ1) is 15.3. The molecular formula is C15H21BrN2O2. The molecule has 1 aliphatic heterocycles. The molecule has 0 aromatic heterocycles. The van der Waals surface area contributed by atoms with Crippen LogP contribution in [0.3, 0.4) is 0 Å². The molecule has 0 saturated carbocycles. The fourth-order valence-corrected chi connectivity index (χ4v) is 2.38. The fourth-order valence-electron chi connectivity index (χ4n) is 2.12. The van der Waals surface area contributed by atoms with Crippen LogP contribution < -0.4 is 5.32 Å². The van der Waals surface area contributed by atoms with Crippen LogP contribution in [0.1, 0.15) is 25.5 Å². The summed E-state index contributed by atoms with van der Waals surface area (Å²) < 4.78 is 6.82. The fraction of sp³-hybridized carbons (Fsp3) is 0.533. The van der Waals surface area contributed by atoms with Gasteiger partial charge in [0.1, 0.15) is 6.10 Å². The smallest absolute Gasteiger partial charge is 0.317 e. The number of hydrogen-bond donors (Lipinski definition) is 1. The number of carbonyl (C=O) groups is 1. The highest BCUT2D eigenvalue weighted by Gasteiger charge is 2.25. The molecule has 0 radical (unpaired) electrons. The minimum absolute atomic E-state index is 0.00381. The first-order valence-electron chi connectivity index (χ1n) is 6.96. The van der Waals surface area contributed by atoms with Crippen molar-refractivity contribution in [2.75, 3.05) is 26.2 Å². The number of urea groups is 1. The summed E-state index contributed by atoms with van der Waals surface area (Å²) in [5.41, 5.74) is 1.11. The van der Waals surface area contributed by atoms with Gasteiger partial charge in [-0.25, -0.2) is 4.79 Å². The third kappa shape index (κ3) is 4.21. The first-order chi connectivity index (χ1) is 9.56. The zero-order valence-electron chi connectivity index (χ0n) is 11.9. The Hall–Kier alpha value is -1.07. The van der Waals surface area contributed by atoms with E-state index >= 15 is 0 Å². The number of carbonyl (C=O) groups excluding carboxylic acids is 1. The number of hydrogen-bond acceptors (Lipinski definition) is 2. The Balaban J connectivity index is 1.94. The average Bonchev–Trinajstić information content (AvgIpc) is 2.45. The summed E-state index contributed by atoms with van der Waals surface area (Å²) in [5, 5.41) is 2.96. The molecular weight excluding hydrogens is 320 g/mol. The van der Waals surface area contributed by atoms with Crippen molar-refractivity contribution < 1.29 is 9.53 Å². The molecule has 0 bridgehead atoms. The van der Waals surface area contributed by atoms with Crippen molar-refractivity contribution in [3.05, 3.63) is 34.3 Å². The predicted molar refractivity (Wildman–Crippen MR) is 82.6 cm³/mol. The Morgan fingerprint density at radius 2 is 2.15 bits per heavy atom. The van der Waals surface area contributed by atoms with Gasteiger partial charge in [0, 0.05) is 17.6 Å². The second-order valence-corrected chi connectivity index (χ2v) is 6.35. The minimum Gasteiger partial charge on any atom is -0.370 e. The molecule has 1 aromatic carbocycles. The third-order valence-corrected chi connectivity index (χ3v) is 3.79. The maximum Gasteiger partial charge on any atom is 0.317 e. The summed E-state index contributed by atoms with van der Waals surface area (Å²) in [6.45, 7) is 6.71. The minimum atomic E-state index is -0.0401. The lowest BCUT2D eigenvalue weighted by Crippen LogP contribution is -2.47. The average molecular weight is 341 g/mol. The molecule has 1 aliphatic rings. The van der Waals surface area contributed by atoms with Crippen LogP contribution in [0, 0.1) is 5.92 Å². The molecule has 5 heteroatoms. The summed E-state index contributed by atoms with van der Waals surface area (Å²) in [6, 6.07) is 8.06. The van der Waals surface area contributed by atoms with E-state index in [9.17, 15) is 4.79 Å². The van der Waals surface area contributed by atoms with Gasteiger partial charge in [-0.15, -0.1) is 0 Å². The summed E-state index contributed by atoms with van der Waals surface area (Å²) in [5.74, 6) is 0.460. The number of nitrogens with zero attached hydrogens (tertiary/aromatic N) is 1. The van der Waals surface area contributed by atoms with Crippen molar-refractivity contribution in [3.8, 4) is 0 Å². The van der Waals surface area contributed by atoms with Crippen LogP contribution in [0.4, 0.5) is 4.79 Å². The number of ether oxygens (including phenoxy) is 1. The van der Waals surface area contributed by atoms with E-state index in [1.54, 1.807) is 0 Å². The zero-order chi connectivity index (χ0) is 14.5. The predicted octanol–water partition coefficient (Wildman–Crippen LogP) is 3.19. The van der Waals surface area contributed by atoms with Crippen LogP contribution in [0.5, 0.6) is 0 Å². The molecule has 4 nitrogen and oxygen atoms in total. The van der Waals surface area contributed by atoms with Gasteiger partial charge in [-0.2, -0.15) is 0 Å². The monoisotopic (exact) mass is 340 g/mol. The van der Waals surface area contributed by atoms with Crippen LogP contribution >= 0.6 is 15.9 Å². The lowest BCUT2D eigenvalue weighted by molar-refractivity contribution is -0.0154. The number of amides is 2. The normalized spacial score (nSPS) is 19.2. The summed E-state index contributed by atoms with van der Waals surface area (Å²) in [4.78, 5) is 13.9. The van der Waals surface area contributed by atoms with E-state index in [1.165, 1.54) is 0 Å². The lowest BCUT2D eigenvalue weighted by Gasteiger charge is -2.33. The van der Waals surface area contributed by atoms with E-state index in [2.05, 4.69) is 35.1 Å². The maximum atomic E-state index is 12.1. The van der Waals surface area contributed by atoms with Gasteiger partial charge >= 0.3 is 6.03 Å². The Morgan fingerprint density at radius 3 is 2.80 bits per heavy atom. The van der Waals surface area contributed by atoms with Gasteiger partial charge in [-0.1, -0.05) is 41.9 Å². The highest BCUT2D eigenvalue weighted by Crippen LogP contribution is 2.23. The summed E-state index contributed by atoms with van der Waals surface area (Å²) in [7, 11) is 0. The van der Waals surface area contributed by atoms with Crippen molar-refractivity contribution in [2.45, 2.75) is 20.0 Å². The van der Waals surface area contributed by atoms with Crippen molar-refractivity contribution >= 4 is 22.0 Å². The molecule has 2 amide bonds. The zero-order valence-corrected chi connectivity index (χ0v) is 13.5. The molecule has 110 valence electrons. The van der Waals surface area contributed by atoms with E-state index in [-0.39, 0.29) is 12.1 Å². The number of benzene rings is 1. The topological polar surface area (TPSA) is 41.6 Å². The molecule has 1 saturated heterocycles. The Morgan fingerprint density at radius 1 is 1.45 bits per heavy atom. The van der Waals surface area contributed by atoms with Crippen molar-refractivity contribution in [1.29, 1.82) is 0 Å². The van der Waals surface area contributed by atoms with Crippen molar-refractivity contribution in [1.82, 2.24) is 10.2 Å². The van der Waals surface area contributed by atoms with Gasteiger partial charge < -0.3 is 15.0 Å². The number of halogens is 1. The van der Waals surface area contributed by atoms with E-state index in [0.29, 0.717) is 32.2 Å². The Bertz CT molecular complexity index is 448. The Kier molecular flexibility index (Phi) is 5.43. The van der Waals surface area contributed by atoms with Gasteiger partial charge in [0.15, 0.2) is 0 Å². The number of nitrogens with one attached hydrogen (secondary N) is 1.